The largest absolute Gasteiger partial charge is 0.479 e. The second kappa shape index (κ2) is 9.80. The molecule has 0 aliphatic rings. The number of benzene rings is 3. The molecular formula is C31H23N5O3. The molecule has 39 heavy (non-hydrogen) atoms. The van der Waals surface area contributed by atoms with Crippen LogP contribution in [0, 0.1) is 25.2 Å². The van der Waals surface area contributed by atoms with Crippen LogP contribution in [0.3, 0.4) is 0 Å². The third kappa shape index (κ3) is 4.36. The summed E-state index contributed by atoms with van der Waals surface area (Å²) in [5, 5.41) is 14.7. The predicted octanol–water partition coefficient (Wildman–Crippen LogP) is 6.00. The first-order chi connectivity index (χ1) is 19.0. The molecule has 0 N–H and O–H groups in total. The maximum Gasteiger partial charge on any atom is 0.282 e. The summed E-state index contributed by atoms with van der Waals surface area (Å²) in [5.74, 6) is 1.42. The average Bonchev–Trinajstić information content (AvgIpc) is 3.51. The number of ether oxygens (including phenoxy) is 1. The fraction of sp³-hybridized carbons (Fsp3) is 0.0968. The number of fused-ring (bicyclic) bond motifs is 2. The zero-order chi connectivity index (χ0) is 26.9. The van der Waals surface area contributed by atoms with Gasteiger partial charge in [-0.25, -0.2) is 4.98 Å². The van der Waals surface area contributed by atoms with Crippen molar-refractivity contribution in [2.45, 2.75) is 13.8 Å². The van der Waals surface area contributed by atoms with Gasteiger partial charge < -0.3 is 13.7 Å². The van der Waals surface area contributed by atoms with Crippen LogP contribution in [-0.4, -0.2) is 27.0 Å². The Bertz CT molecular complexity index is 1940. The van der Waals surface area contributed by atoms with E-state index in [-0.39, 0.29) is 12.2 Å². The smallest absolute Gasteiger partial charge is 0.282 e. The molecule has 0 atom stereocenters. The standard InChI is InChI=1S/C31H23N5O3/c1-20-17-23(21(2)35(20)24-11-13-25(14-12-24)38-16-15-32)19-33-36-30(29-18-22-7-3-6-10-28(22)39-29)34-27-9-5-4-8-26(27)31(36)37/h3-14,17-19H,16H2,1-2H3. The zero-order valence-electron chi connectivity index (χ0n) is 21.3. The van der Waals surface area contributed by atoms with Crippen molar-refractivity contribution in [3.63, 3.8) is 0 Å². The summed E-state index contributed by atoms with van der Waals surface area (Å²) in [6.07, 6.45) is 1.67. The molecule has 8 nitrogen and oxygen atoms in total. The van der Waals surface area contributed by atoms with Crippen LogP contribution in [0.15, 0.2) is 99.2 Å². The maximum absolute atomic E-state index is 13.6. The molecule has 6 aromatic rings. The van der Waals surface area contributed by atoms with Crippen LogP contribution in [0.1, 0.15) is 17.0 Å². The molecule has 6 rings (SSSR count). The molecule has 0 spiro atoms. The molecule has 0 unspecified atom stereocenters. The first-order valence-electron chi connectivity index (χ1n) is 12.4. The van der Waals surface area contributed by atoms with Crippen molar-refractivity contribution in [3.8, 4) is 29.1 Å². The quantitative estimate of drug-likeness (QED) is 0.254. The molecule has 3 aromatic heterocycles. The Labute approximate surface area is 223 Å². The van der Waals surface area contributed by atoms with Crippen molar-refractivity contribution in [2.75, 3.05) is 6.61 Å². The molecule has 0 fully saturated rings. The predicted molar refractivity (Wildman–Crippen MR) is 151 cm³/mol. The Balaban J connectivity index is 1.44. The highest BCUT2D eigenvalue weighted by Crippen LogP contribution is 2.27. The third-order valence-electron chi connectivity index (χ3n) is 6.58. The van der Waals surface area contributed by atoms with Gasteiger partial charge in [0.1, 0.15) is 17.4 Å². The van der Waals surface area contributed by atoms with Crippen LogP contribution in [0.4, 0.5) is 0 Å². The second-order valence-electron chi connectivity index (χ2n) is 9.07. The Hall–Kier alpha value is -5.42. The van der Waals surface area contributed by atoms with Crippen molar-refractivity contribution in [2.24, 2.45) is 5.10 Å². The molecule has 0 radical (unpaired) electrons. The van der Waals surface area contributed by atoms with Gasteiger partial charge in [0.25, 0.3) is 5.56 Å². The van der Waals surface area contributed by atoms with Crippen LogP contribution in [0.5, 0.6) is 5.75 Å². The minimum Gasteiger partial charge on any atom is -0.479 e. The Morgan fingerprint density at radius 2 is 1.79 bits per heavy atom. The van der Waals surface area contributed by atoms with E-state index in [1.807, 2.05) is 92.7 Å². The summed E-state index contributed by atoms with van der Waals surface area (Å²) in [4.78, 5) is 18.3. The lowest BCUT2D eigenvalue weighted by Crippen LogP contribution is -2.20. The van der Waals surface area contributed by atoms with Gasteiger partial charge in [-0.15, -0.1) is 0 Å². The highest BCUT2D eigenvalue weighted by atomic mass is 16.5. The summed E-state index contributed by atoms with van der Waals surface area (Å²) >= 11 is 0. The van der Waals surface area contributed by atoms with Gasteiger partial charge >= 0.3 is 0 Å². The number of furan rings is 1. The van der Waals surface area contributed by atoms with E-state index < -0.39 is 0 Å². The highest BCUT2D eigenvalue weighted by Gasteiger charge is 2.17. The van der Waals surface area contributed by atoms with Crippen molar-refractivity contribution in [1.29, 1.82) is 5.26 Å². The number of hydrogen-bond donors (Lipinski definition) is 0. The van der Waals surface area contributed by atoms with Crippen LogP contribution in [-0.2, 0) is 0 Å². The molecule has 0 amide bonds. The average molecular weight is 514 g/mol. The lowest BCUT2D eigenvalue weighted by Gasteiger charge is -2.10. The van der Waals surface area contributed by atoms with E-state index in [0.717, 1.165) is 28.0 Å². The molecule has 3 heterocycles. The lowest BCUT2D eigenvalue weighted by molar-refractivity contribution is 0.368. The first-order valence-corrected chi connectivity index (χ1v) is 12.4. The number of para-hydroxylation sites is 2. The zero-order valence-corrected chi connectivity index (χ0v) is 21.3. The Morgan fingerprint density at radius 3 is 2.59 bits per heavy atom. The molecule has 0 saturated heterocycles. The maximum atomic E-state index is 13.6. The van der Waals surface area contributed by atoms with E-state index in [2.05, 4.69) is 9.67 Å². The molecule has 0 aliphatic heterocycles. The topological polar surface area (TPSA) is 98.3 Å². The van der Waals surface area contributed by atoms with E-state index in [0.29, 0.717) is 33.8 Å². The van der Waals surface area contributed by atoms with Crippen LogP contribution >= 0.6 is 0 Å². The van der Waals surface area contributed by atoms with Gasteiger partial charge in [0.05, 0.1) is 17.1 Å². The summed E-state index contributed by atoms with van der Waals surface area (Å²) < 4.78 is 14.8. The minimum absolute atomic E-state index is 0.000548. The Morgan fingerprint density at radius 1 is 1.03 bits per heavy atom. The second-order valence-corrected chi connectivity index (χ2v) is 9.07. The molecule has 8 heteroatoms. The van der Waals surface area contributed by atoms with E-state index in [4.69, 9.17) is 19.4 Å². The number of nitriles is 1. The van der Waals surface area contributed by atoms with Crippen LogP contribution in [0.25, 0.3) is 39.1 Å². The normalized spacial score (nSPS) is 11.4. The van der Waals surface area contributed by atoms with E-state index >= 15 is 0 Å². The molecular weight excluding hydrogens is 490 g/mol. The molecule has 3 aromatic carbocycles. The molecule has 0 aliphatic carbocycles. The number of aromatic nitrogens is 3. The highest BCUT2D eigenvalue weighted by molar-refractivity contribution is 5.85. The summed E-state index contributed by atoms with van der Waals surface area (Å²) in [6.45, 7) is 4.00. The van der Waals surface area contributed by atoms with Crippen molar-refractivity contribution in [3.05, 3.63) is 112 Å². The third-order valence-corrected chi connectivity index (χ3v) is 6.58. The lowest BCUT2D eigenvalue weighted by atomic mass is 10.2. The molecule has 0 bridgehead atoms. The number of nitrogens with zero attached hydrogens (tertiary/aromatic N) is 5. The fourth-order valence-electron chi connectivity index (χ4n) is 4.73. The van der Waals surface area contributed by atoms with Gasteiger partial charge in [0.15, 0.2) is 12.4 Å². The monoisotopic (exact) mass is 513 g/mol. The number of hydrogen-bond acceptors (Lipinski definition) is 6. The number of rotatable bonds is 6. The summed E-state index contributed by atoms with van der Waals surface area (Å²) in [6, 6.07) is 28.3. The van der Waals surface area contributed by atoms with Gasteiger partial charge in [-0.1, -0.05) is 30.3 Å². The van der Waals surface area contributed by atoms with Crippen LogP contribution in [0.2, 0.25) is 0 Å². The van der Waals surface area contributed by atoms with E-state index in [1.165, 1.54) is 4.68 Å². The molecule has 190 valence electrons. The van der Waals surface area contributed by atoms with Gasteiger partial charge in [-0.3, -0.25) is 4.79 Å². The van der Waals surface area contributed by atoms with Gasteiger partial charge in [-0.2, -0.15) is 15.0 Å². The van der Waals surface area contributed by atoms with Crippen molar-refractivity contribution in [1.82, 2.24) is 14.2 Å². The Kier molecular flexibility index (Phi) is 6.02. The minimum atomic E-state index is -0.283. The van der Waals surface area contributed by atoms with E-state index in [9.17, 15) is 4.79 Å². The van der Waals surface area contributed by atoms with Crippen molar-refractivity contribution < 1.29 is 9.15 Å². The van der Waals surface area contributed by atoms with E-state index in [1.54, 1.807) is 18.3 Å². The fourth-order valence-corrected chi connectivity index (χ4v) is 4.73. The number of aryl methyl sites for hydroxylation is 1. The van der Waals surface area contributed by atoms with Gasteiger partial charge in [0.2, 0.25) is 5.82 Å². The molecule has 0 saturated carbocycles. The van der Waals surface area contributed by atoms with Gasteiger partial charge in [-0.05, 0) is 68.4 Å². The summed E-state index contributed by atoms with van der Waals surface area (Å²) in [7, 11) is 0. The van der Waals surface area contributed by atoms with Crippen molar-refractivity contribution >= 4 is 28.1 Å². The van der Waals surface area contributed by atoms with Crippen LogP contribution < -0.4 is 10.3 Å². The SMILES string of the molecule is Cc1cc(C=Nn2c(-c3cc4ccccc4o3)nc3ccccc3c2=O)c(C)n1-c1ccc(OCC#N)cc1. The van der Waals surface area contributed by atoms with Gasteiger partial charge in [0, 0.05) is 28.0 Å². The summed E-state index contributed by atoms with van der Waals surface area (Å²) in [5.41, 5.74) is 4.75. The first kappa shape index (κ1) is 23.9.